The summed E-state index contributed by atoms with van der Waals surface area (Å²) in [6.07, 6.45) is 0. The Morgan fingerprint density at radius 1 is 0.375 bits per heavy atom. The van der Waals surface area contributed by atoms with E-state index in [0.717, 1.165) is 0 Å². The van der Waals surface area contributed by atoms with Gasteiger partial charge in [-0.25, -0.2) is 0 Å². The monoisotopic (exact) mass is 703 g/mol. The molecule has 0 aliphatic rings. The number of rotatable bonds is 12. The van der Waals surface area contributed by atoms with Crippen molar-refractivity contribution < 1.29 is 0 Å². The van der Waals surface area contributed by atoms with Gasteiger partial charge in [0.25, 0.3) is 0 Å². The zero-order valence-electron chi connectivity index (χ0n) is 28.2. The summed E-state index contributed by atoms with van der Waals surface area (Å²) < 4.78 is 2.63. The molecule has 48 heavy (non-hydrogen) atoms. The first-order valence-corrected chi connectivity index (χ1v) is 22.8. The Bertz CT molecular complexity index is 1510. The molecule has 1 nitrogen and oxygen atoms in total. The van der Waals surface area contributed by atoms with Crippen LogP contribution in [0.1, 0.15) is 27.7 Å². The average Bonchev–Trinajstić information content (AvgIpc) is 3.14. The molecule has 0 aromatic heterocycles. The van der Waals surface area contributed by atoms with Gasteiger partial charge in [0.05, 0.1) is 0 Å². The lowest BCUT2D eigenvalue weighted by atomic mass is 10.3. The van der Waals surface area contributed by atoms with E-state index in [1.165, 1.54) is 31.8 Å². The Balaban J connectivity index is 1.92. The molecule has 0 N–H and O–H groups in total. The Morgan fingerprint density at radius 3 is 0.729 bits per heavy atom. The van der Waals surface area contributed by atoms with Crippen LogP contribution in [0.3, 0.4) is 0 Å². The lowest BCUT2D eigenvalue weighted by molar-refractivity contribution is 0.327. The molecule has 1 unspecified atom stereocenters. The van der Waals surface area contributed by atoms with Gasteiger partial charge in [0.15, 0.2) is 14.5 Å². The zero-order chi connectivity index (χ0) is 33.6. The van der Waals surface area contributed by atoms with Crippen molar-refractivity contribution in [2.45, 2.75) is 44.9 Å². The van der Waals surface area contributed by atoms with Crippen LogP contribution in [0.4, 0.5) is 0 Å². The molecule has 5 heteroatoms. The normalized spacial score (nSPS) is 12.9. The summed E-state index contributed by atoms with van der Waals surface area (Å²) in [5.74, 6) is 0. The molecule has 0 bridgehead atoms. The molecule has 0 amide bonds. The van der Waals surface area contributed by atoms with E-state index in [-0.39, 0.29) is 17.2 Å². The summed E-state index contributed by atoms with van der Waals surface area (Å²) in [5.41, 5.74) is 0. The molecule has 6 aromatic rings. The molecule has 0 saturated heterocycles. The fraction of sp³-hybridized carbons (Fsp3) is 0.163. The van der Waals surface area contributed by atoms with E-state index in [9.17, 15) is 0 Å². The Kier molecular flexibility index (Phi) is 11.3. The third-order valence-corrected chi connectivity index (χ3v) is 26.3. The highest BCUT2D eigenvalue weighted by atomic mass is 35.7. The van der Waals surface area contributed by atoms with Crippen LogP contribution in [-0.2, 0) is 0 Å². The molecule has 242 valence electrons. The van der Waals surface area contributed by atoms with E-state index in [4.69, 9.17) is 11.2 Å². The van der Waals surface area contributed by atoms with E-state index in [1.807, 2.05) is 0 Å². The molecule has 0 fully saturated rings. The van der Waals surface area contributed by atoms with Gasteiger partial charge in [-0.1, -0.05) is 120 Å². The predicted molar refractivity (Wildman–Crippen MR) is 219 cm³/mol. The molecule has 1 atom stereocenters. The van der Waals surface area contributed by atoms with Gasteiger partial charge in [0.1, 0.15) is 39.3 Å². The van der Waals surface area contributed by atoms with Gasteiger partial charge in [0.2, 0.25) is 5.14 Å². The van der Waals surface area contributed by atoms with E-state index in [2.05, 4.69) is 214 Å². The van der Waals surface area contributed by atoms with Crippen LogP contribution >= 0.6 is 33.2 Å². The van der Waals surface area contributed by atoms with Crippen LogP contribution in [0.25, 0.3) is 0 Å². The van der Waals surface area contributed by atoms with Crippen molar-refractivity contribution >= 4 is 65.0 Å². The van der Waals surface area contributed by atoms with Crippen molar-refractivity contribution in [2.24, 2.45) is 0 Å². The number of benzene rings is 6. The second-order valence-corrected chi connectivity index (χ2v) is 23.5. The maximum Gasteiger partial charge on any atom is 0.240 e. The van der Waals surface area contributed by atoms with E-state index in [0.29, 0.717) is 0 Å². The maximum absolute atomic E-state index is 8.52. The molecule has 6 rings (SSSR count). The van der Waals surface area contributed by atoms with Crippen molar-refractivity contribution in [3.63, 3.8) is 0 Å². The van der Waals surface area contributed by atoms with E-state index in [1.54, 1.807) is 0 Å². The topological polar surface area (TPSA) is 3.24 Å². The quantitative estimate of drug-likeness (QED) is 0.115. The summed E-state index contributed by atoms with van der Waals surface area (Å²) in [6, 6.07) is 68.6. The predicted octanol–water partition coefficient (Wildman–Crippen LogP) is 9.93. The van der Waals surface area contributed by atoms with Crippen LogP contribution in [-0.4, -0.2) is 21.9 Å². The number of nitrogens with zero attached hydrogens (tertiary/aromatic N) is 1. The van der Waals surface area contributed by atoms with Gasteiger partial charge >= 0.3 is 0 Å². The Morgan fingerprint density at radius 2 is 0.562 bits per heavy atom. The minimum Gasteiger partial charge on any atom is -0.258 e. The number of halogens is 1. The summed E-state index contributed by atoms with van der Waals surface area (Å²) in [5, 5.41) is 8.19. The third kappa shape index (κ3) is 6.34. The van der Waals surface area contributed by atoms with Crippen molar-refractivity contribution in [3.8, 4) is 0 Å². The van der Waals surface area contributed by atoms with E-state index < -0.39 is 21.9 Å². The molecule has 0 heterocycles. The Labute approximate surface area is 295 Å². The van der Waals surface area contributed by atoms with Gasteiger partial charge in [0, 0.05) is 12.1 Å². The van der Waals surface area contributed by atoms with Crippen molar-refractivity contribution in [3.05, 3.63) is 182 Å². The fourth-order valence-corrected chi connectivity index (χ4v) is 29.0. The molecule has 0 saturated carbocycles. The lowest BCUT2D eigenvalue weighted by Gasteiger charge is -2.46. The highest BCUT2D eigenvalue weighted by Crippen LogP contribution is 2.87. The zero-order valence-corrected chi connectivity index (χ0v) is 31.7. The smallest absolute Gasteiger partial charge is 0.240 e. The largest absolute Gasteiger partial charge is 0.258 e. The van der Waals surface area contributed by atoms with Gasteiger partial charge in [-0.2, -0.15) is 0 Å². The SMILES string of the molecule is CC(C)N(C(C)C)P(Cl)C([P+](c1ccccc1)(c1ccccc1)c1ccccc1)[P+](c1ccccc1)(c1ccccc1)c1ccccc1. The molecular formula is C43H45ClNP3+2. The summed E-state index contributed by atoms with van der Waals surface area (Å²) in [7, 11) is -6.43. The summed E-state index contributed by atoms with van der Waals surface area (Å²) in [6.45, 7) is 9.26. The molecule has 0 radical (unpaired) electrons. The van der Waals surface area contributed by atoms with Crippen LogP contribution in [0.5, 0.6) is 0 Å². The third-order valence-electron chi connectivity index (χ3n) is 9.14. The highest BCUT2D eigenvalue weighted by molar-refractivity contribution is 8.20. The van der Waals surface area contributed by atoms with Crippen molar-refractivity contribution in [1.82, 2.24) is 4.67 Å². The van der Waals surface area contributed by atoms with Crippen molar-refractivity contribution in [2.75, 3.05) is 0 Å². The number of hydrogen-bond acceptors (Lipinski definition) is 1. The molecule has 0 aliphatic carbocycles. The highest BCUT2D eigenvalue weighted by Gasteiger charge is 2.72. The maximum atomic E-state index is 8.52. The van der Waals surface area contributed by atoms with Gasteiger partial charge in [-0.05, 0) is 100 Å². The minimum absolute atomic E-state index is 0.0193. The second kappa shape index (κ2) is 15.6. The average molecular weight is 704 g/mol. The molecular weight excluding hydrogens is 659 g/mol. The van der Waals surface area contributed by atoms with Gasteiger partial charge in [-0.3, -0.25) is 4.67 Å². The minimum atomic E-state index is -2.57. The first kappa shape index (κ1) is 34.7. The van der Waals surface area contributed by atoms with Crippen LogP contribution in [0, 0.1) is 0 Å². The molecule has 6 aromatic carbocycles. The summed E-state index contributed by atoms with van der Waals surface area (Å²) in [4.78, 5) is 0. The fourth-order valence-electron chi connectivity index (χ4n) is 7.38. The standard InChI is InChI=1S/C43H45ClNP3/c1-35(2)45(36(3)4)46(44)43(47(37-23-11-5-12-24-37,38-25-13-6-14-26-38)39-27-15-7-16-28-39)48(40-29-17-8-18-30-40,41-31-19-9-20-32-41)42-33-21-10-22-34-42/h5-36,43H,1-4H3/q+2. The van der Waals surface area contributed by atoms with Crippen molar-refractivity contribution in [1.29, 1.82) is 0 Å². The van der Waals surface area contributed by atoms with Gasteiger partial charge < -0.3 is 0 Å². The van der Waals surface area contributed by atoms with Crippen LogP contribution in [0.15, 0.2) is 182 Å². The number of hydrogen-bond donors (Lipinski definition) is 0. The van der Waals surface area contributed by atoms with Crippen LogP contribution in [0.2, 0.25) is 0 Å². The second-order valence-electron chi connectivity index (χ2n) is 12.7. The van der Waals surface area contributed by atoms with Crippen LogP contribution < -0.4 is 31.8 Å². The first-order valence-electron chi connectivity index (χ1n) is 16.8. The summed E-state index contributed by atoms with van der Waals surface area (Å²) >= 11 is 8.52. The first-order chi connectivity index (χ1) is 23.4. The van der Waals surface area contributed by atoms with Gasteiger partial charge in [-0.15, -0.1) is 0 Å². The molecule has 0 spiro atoms. The lowest BCUT2D eigenvalue weighted by Crippen LogP contribution is -2.48. The Hall–Kier alpha value is -3.14. The molecule has 0 aliphatic heterocycles. The van der Waals surface area contributed by atoms with E-state index >= 15 is 0 Å².